The van der Waals surface area contributed by atoms with Crippen molar-refractivity contribution in [1.29, 1.82) is 0 Å². The molecule has 170 valence electrons. The molecule has 0 saturated carbocycles. The Morgan fingerprint density at radius 3 is 2.52 bits per heavy atom. The van der Waals surface area contributed by atoms with Crippen molar-refractivity contribution in [3.63, 3.8) is 0 Å². The summed E-state index contributed by atoms with van der Waals surface area (Å²) in [6.45, 7) is 4.07. The summed E-state index contributed by atoms with van der Waals surface area (Å²) >= 11 is 11.3. The second-order valence-electron chi connectivity index (χ2n) is 8.19. The molecule has 0 aliphatic carbocycles. The van der Waals surface area contributed by atoms with Crippen molar-refractivity contribution >= 4 is 34.4 Å². The van der Waals surface area contributed by atoms with Crippen molar-refractivity contribution in [2.75, 3.05) is 46.6 Å². The molecule has 1 aliphatic heterocycles. The van der Waals surface area contributed by atoms with Crippen LogP contribution in [0.5, 0.6) is 5.75 Å². The fourth-order valence-electron chi connectivity index (χ4n) is 4.43. The molecule has 0 spiro atoms. The van der Waals surface area contributed by atoms with Gasteiger partial charge in [0.2, 0.25) is 0 Å². The van der Waals surface area contributed by atoms with Crippen molar-refractivity contribution in [3.8, 4) is 5.75 Å². The predicted octanol–water partition coefficient (Wildman–Crippen LogP) is 5.31. The fraction of sp³-hybridized carbons (Fsp3) is 0.500. The van der Waals surface area contributed by atoms with Crippen LogP contribution in [0.1, 0.15) is 42.2 Å². The van der Waals surface area contributed by atoms with E-state index in [9.17, 15) is 4.55 Å². The van der Waals surface area contributed by atoms with Gasteiger partial charge in [-0.1, -0.05) is 35.3 Å². The van der Waals surface area contributed by atoms with E-state index in [1.54, 1.807) is 13.4 Å². The number of likely N-dealkylation sites (tertiary alicyclic amines) is 1. The monoisotopic (exact) mass is 482 g/mol. The van der Waals surface area contributed by atoms with Crippen LogP contribution < -0.4 is 10.1 Å². The molecule has 4 nitrogen and oxygen atoms in total. The zero-order valence-corrected chi connectivity index (χ0v) is 20.8. The van der Waals surface area contributed by atoms with E-state index in [4.69, 9.17) is 27.9 Å². The Labute approximate surface area is 199 Å². The fourth-order valence-corrected chi connectivity index (χ4v) is 5.59. The lowest BCUT2D eigenvalue weighted by Gasteiger charge is -2.33. The highest BCUT2D eigenvalue weighted by molar-refractivity contribution is 7.90. The molecule has 0 amide bonds. The normalized spacial score (nSPS) is 17.5. The molecule has 7 heteroatoms. The summed E-state index contributed by atoms with van der Waals surface area (Å²) < 4.78 is 17.6. The molecule has 1 saturated heterocycles. The third-order valence-electron chi connectivity index (χ3n) is 6.22. The molecule has 2 aromatic rings. The Balaban J connectivity index is 1.59. The van der Waals surface area contributed by atoms with Gasteiger partial charge in [-0.15, -0.1) is 0 Å². The van der Waals surface area contributed by atoms with Gasteiger partial charge in [-0.3, -0.25) is 0 Å². The molecular formula is C24H32Cl2N2O2S. The maximum absolute atomic E-state index is 12.3. The number of hydrogen-bond acceptors (Lipinski definition) is 4. The second kappa shape index (κ2) is 11.8. The Kier molecular flexibility index (Phi) is 9.38. The van der Waals surface area contributed by atoms with Gasteiger partial charge in [0, 0.05) is 18.2 Å². The summed E-state index contributed by atoms with van der Waals surface area (Å²) in [5, 5.41) is 4.52. The number of nitrogens with zero attached hydrogens (tertiary/aromatic N) is 1. The topological polar surface area (TPSA) is 47.6 Å². The quantitative estimate of drug-likeness (QED) is 0.491. The number of benzene rings is 2. The van der Waals surface area contributed by atoms with Crippen molar-refractivity contribution < 1.29 is 9.29 Å². The van der Waals surface area contributed by atoms with E-state index < -0.39 is 11.2 Å². The summed E-state index contributed by atoms with van der Waals surface area (Å²) in [5.41, 5.74) is 2.44. The third kappa shape index (κ3) is 6.53. The van der Waals surface area contributed by atoms with Gasteiger partial charge in [-0.2, -0.15) is 0 Å². The smallest absolute Gasteiger partial charge is 0.159 e. The minimum atomic E-state index is -1.02. The number of ether oxygens (including phenoxy) is 1. The molecule has 1 fully saturated rings. The minimum absolute atomic E-state index is 0.396. The van der Waals surface area contributed by atoms with Crippen molar-refractivity contribution in [1.82, 2.24) is 10.2 Å². The average Bonchev–Trinajstić information content (AvgIpc) is 2.78. The van der Waals surface area contributed by atoms with Gasteiger partial charge in [-0.05, 0) is 92.7 Å². The first-order valence-corrected chi connectivity index (χ1v) is 13.1. The van der Waals surface area contributed by atoms with E-state index in [1.807, 2.05) is 31.3 Å². The van der Waals surface area contributed by atoms with E-state index in [0.29, 0.717) is 21.9 Å². The van der Waals surface area contributed by atoms with Gasteiger partial charge in [-0.25, -0.2) is 0 Å². The Morgan fingerprint density at radius 2 is 1.90 bits per heavy atom. The van der Waals surface area contributed by atoms with E-state index in [0.717, 1.165) is 56.1 Å². The molecule has 0 radical (unpaired) electrons. The third-order valence-corrected chi connectivity index (χ3v) is 7.93. The van der Waals surface area contributed by atoms with Crippen LogP contribution in [0.4, 0.5) is 0 Å². The number of methoxy groups -OCH3 is 1. The van der Waals surface area contributed by atoms with E-state index in [-0.39, 0.29) is 0 Å². The summed E-state index contributed by atoms with van der Waals surface area (Å²) in [4.78, 5) is 3.45. The lowest BCUT2D eigenvalue weighted by Crippen LogP contribution is -2.35. The molecule has 0 bridgehead atoms. The summed E-state index contributed by atoms with van der Waals surface area (Å²) in [5.74, 6) is 1.61. The molecule has 0 aromatic heterocycles. The van der Waals surface area contributed by atoms with Crippen LogP contribution in [-0.2, 0) is 11.2 Å². The van der Waals surface area contributed by atoms with Crippen LogP contribution in [0.3, 0.4) is 0 Å². The van der Waals surface area contributed by atoms with Crippen LogP contribution in [-0.4, -0.2) is 56.0 Å². The lowest BCUT2D eigenvalue weighted by molar-refractivity contribution is 0.204. The Bertz CT molecular complexity index is 857. The zero-order chi connectivity index (χ0) is 22.4. The number of halogens is 2. The van der Waals surface area contributed by atoms with Crippen LogP contribution in [0.2, 0.25) is 10.0 Å². The Hall–Kier alpha value is -0.950. The summed E-state index contributed by atoms with van der Waals surface area (Å²) in [6.07, 6.45) is 4.98. The van der Waals surface area contributed by atoms with Crippen LogP contribution >= 0.6 is 23.2 Å². The molecule has 1 heterocycles. The van der Waals surface area contributed by atoms with Gasteiger partial charge in [0.05, 0.1) is 17.2 Å². The second-order valence-corrected chi connectivity index (χ2v) is 10.4. The summed E-state index contributed by atoms with van der Waals surface area (Å²) in [6, 6.07) is 12.0. The highest BCUT2D eigenvalue weighted by Crippen LogP contribution is 2.35. The van der Waals surface area contributed by atoms with Gasteiger partial charge in [0.15, 0.2) is 4.90 Å². The highest BCUT2D eigenvalue weighted by Gasteiger charge is 2.26. The average molecular weight is 484 g/mol. The maximum atomic E-state index is 12.3. The first-order chi connectivity index (χ1) is 14.9. The SMILES string of the molecule is CNC[C@@H](CCN1CCC(c2ccc(OC)cc2[S@+](C)[O-])CC1)c1ccc(Cl)c(Cl)c1. The van der Waals surface area contributed by atoms with Crippen LogP contribution in [0.25, 0.3) is 0 Å². The van der Waals surface area contributed by atoms with E-state index in [2.05, 4.69) is 22.3 Å². The molecule has 0 unspecified atom stereocenters. The number of piperidine rings is 1. The molecule has 2 aromatic carbocycles. The number of rotatable bonds is 9. The van der Waals surface area contributed by atoms with Crippen LogP contribution in [0.15, 0.2) is 41.3 Å². The Morgan fingerprint density at radius 1 is 1.16 bits per heavy atom. The molecule has 31 heavy (non-hydrogen) atoms. The predicted molar refractivity (Wildman–Crippen MR) is 131 cm³/mol. The molecule has 3 rings (SSSR count). The van der Waals surface area contributed by atoms with Crippen molar-refractivity contribution in [2.45, 2.75) is 36.0 Å². The number of nitrogens with one attached hydrogen (secondary N) is 1. The lowest BCUT2D eigenvalue weighted by atomic mass is 9.88. The van der Waals surface area contributed by atoms with Gasteiger partial charge >= 0.3 is 0 Å². The van der Waals surface area contributed by atoms with E-state index in [1.165, 1.54) is 11.1 Å². The maximum Gasteiger partial charge on any atom is 0.159 e. The van der Waals surface area contributed by atoms with Crippen molar-refractivity contribution in [2.24, 2.45) is 0 Å². The standard InChI is InChI=1S/C24H32Cl2N2O2S/c1-27-16-19(18-4-7-22(25)23(26)14-18)10-13-28-11-8-17(9-12-28)21-6-5-20(30-2)15-24(21)31(3)29/h4-7,14-15,17,19,27H,8-13,16H2,1-3H3/t19-,31+/m1/s1. The first-order valence-electron chi connectivity index (χ1n) is 10.8. The zero-order valence-electron chi connectivity index (χ0n) is 18.5. The van der Waals surface area contributed by atoms with Crippen LogP contribution in [0, 0.1) is 0 Å². The van der Waals surface area contributed by atoms with Gasteiger partial charge in [0.25, 0.3) is 0 Å². The molecule has 1 aliphatic rings. The van der Waals surface area contributed by atoms with Crippen molar-refractivity contribution in [3.05, 3.63) is 57.6 Å². The largest absolute Gasteiger partial charge is 0.612 e. The molecule has 2 atom stereocenters. The molecule has 1 N–H and O–H groups in total. The highest BCUT2D eigenvalue weighted by atomic mass is 35.5. The summed E-state index contributed by atoms with van der Waals surface area (Å²) in [7, 11) is 3.63. The van der Waals surface area contributed by atoms with Gasteiger partial charge < -0.3 is 19.5 Å². The number of hydrogen-bond donors (Lipinski definition) is 1. The number of likely N-dealkylation sites (N-methyl/N-ethyl adjacent to an activating group) is 1. The van der Waals surface area contributed by atoms with E-state index >= 15 is 0 Å². The van der Waals surface area contributed by atoms with Gasteiger partial charge in [0.1, 0.15) is 12.0 Å². The minimum Gasteiger partial charge on any atom is -0.612 e. The first kappa shape index (κ1) is 24.7. The molecular weight excluding hydrogens is 451 g/mol.